The molecule has 1 saturated heterocycles. The highest BCUT2D eigenvalue weighted by molar-refractivity contribution is 5.77. The molecular weight excluding hydrogens is 326 g/mol. The molecule has 3 aromatic rings. The molecule has 1 N–H and O–H groups in total. The summed E-state index contributed by atoms with van der Waals surface area (Å²) >= 11 is 0. The first-order valence-corrected chi connectivity index (χ1v) is 9.16. The number of likely N-dealkylation sites (tertiary alicyclic amines) is 1. The Morgan fingerprint density at radius 3 is 2.65 bits per heavy atom. The molecule has 0 unspecified atom stereocenters. The standard InChI is InChI=1S/C21H23N3O2/c25-20(24-12-8-17(9-13-24)21-22-10-11-23-21)15-18(19-7-4-14-26-19)16-5-2-1-3-6-16/h1-7,10-11,14,17-18H,8-9,12-13,15H2,(H,22,23)/t18-/m1/s1. The monoisotopic (exact) mass is 349 g/mol. The van der Waals surface area contributed by atoms with Gasteiger partial charge in [-0.2, -0.15) is 0 Å². The van der Waals surface area contributed by atoms with E-state index >= 15 is 0 Å². The van der Waals surface area contributed by atoms with Crippen LogP contribution in [0.1, 0.15) is 48.2 Å². The maximum atomic E-state index is 12.9. The number of hydrogen-bond acceptors (Lipinski definition) is 3. The van der Waals surface area contributed by atoms with E-state index in [0.29, 0.717) is 12.3 Å². The van der Waals surface area contributed by atoms with Gasteiger partial charge in [0.05, 0.1) is 12.2 Å². The highest BCUT2D eigenvalue weighted by atomic mass is 16.3. The predicted octanol–water partition coefficient (Wildman–Crippen LogP) is 3.93. The Hall–Kier alpha value is -2.82. The molecule has 1 amide bonds. The molecule has 3 heterocycles. The van der Waals surface area contributed by atoms with Crippen molar-refractivity contribution in [2.24, 2.45) is 0 Å². The Bertz CT molecular complexity index is 804. The van der Waals surface area contributed by atoms with E-state index in [2.05, 4.69) is 22.1 Å². The molecule has 134 valence electrons. The van der Waals surface area contributed by atoms with E-state index in [9.17, 15) is 4.79 Å². The summed E-state index contributed by atoms with van der Waals surface area (Å²) in [7, 11) is 0. The number of piperidine rings is 1. The smallest absolute Gasteiger partial charge is 0.223 e. The molecule has 0 spiro atoms. The number of nitrogens with zero attached hydrogens (tertiary/aromatic N) is 2. The van der Waals surface area contributed by atoms with Crippen LogP contribution in [-0.2, 0) is 4.79 Å². The van der Waals surface area contributed by atoms with Crippen LogP contribution in [0.25, 0.3) is 0 Å². The zero-order valence-corrected chi connectivity index (χ0v) is 14.7. The van der Waals surface area contributed by atoms with Crippen molar-refractivity contribution < 1.29 is 9.21 Å². The van der Waals surface area contributed by atoms with E-state index in [4.69, 9.17) is 4.42 Å². The number of amides is 1. The molecule has 0 aliphatic carbocycles. The fourth-order valence-corrected chi connectivity index (χ4v) is 3.76. The Kier molecular flexibility index (Phi) is 4.86. The molecule has 4 rings (SSSR count). The Labute approximate surface area is 153 Å². The lowest BCUT2D eigenvalue weighted by atomic mass is 9.91. The normalized spacial score (nSPS) is 16.5. The second-order valence-electron chi connectivity index (χ2n) is 6.81. The molecule has 2 aromatic heterocycles. The first kappa shape index (κ1) is 16.6. The van der Waals surface area contributed by atoms with Crippen LogP contribution in [0.2, 0.25) is 0 Å². The van der Waals surface area contributed by atoms with Crippen LogP contribution in [0.15, 0.2) is 65.5 Å². The molecule has 0 saturated carbocycles. The Morgan fingerprint density at radius 1 is 1.19 bits per heavy atom. The van der Waals surface area contributed by atoms with Crippen molar-refractivity contribution in [1.82, 2.24) is 14.9 Å². The Balaban J connectivity index is 1.43. The maximum absolute atomic E-state index is 12.9. The largest absolute Gasteiger partial charge is 0.469 e. The summed E-state index contributed by atoms with van der Waals surface area (Å²) in [4.78, 5) is 22.5. The lowest BCUT2D eigenvalue weighted by Crippen LogP contribution is -2.38. The van der Waals surface area contributed by atoms with Crippen LogP contribution in [0.5, 0.6) is 0 Å². The van der Waals surface area contributed by atoms with Crippen LogP contribution < -0.4 is 0 Å². The van der Waals surface area contributed by atoms with Crippen molar-refractivity contribution in [1.29, 1.82) is 0 Å². The van der Waals surface area contributed by atoms with Gasteiger partial charge in [0.1, 0.15) is 11.6 Å². The van der Waals surface area contributed by atoms with E-state index in [-0.39, 0.29) is 11.8 Å². The number of carbonyl (C=O) groups excluding carboxylic acids is 1. The summed E-state index contributed by atoms with van der Waals surface area (Å²) in [6.07, 6.45) is 7.67. The third-order valence-corrected chi connectivity index (χ3v) is 5.22. The minimum atomic E-state index is -0.0403. The maximum Gasteiger partial charge on any atom is 0.223 e. The van der Waals surface area contributed by atoms with Gasteiger partial charge in [-0.25, -0.2) is 4.98 Å². The third kappa shape index (κ3) is 3.57. The van der Waals surface area contributed by atoms with Crippen molar-refractivity contribution in [3.63, 3.8) is 0 Å². The third-order valence-electron chi connectivity index (χ3n) is 5.22. The van der Waals surface area contributed by atoms with Crippen LogP contribution in [0.3, 0.4) is 0 Å². The van der Waals surface area contributed by atoms with Gasteiger partial charge in [-0.1, -0.05) is 30.3 Å². The molecule has 1 fully saturated rings. The van der Waals surface area contributed by atoms with Gasteiger partial charge in [-0.05, 0) is 30.5 Å². The molecular formula is C21H23N3O2. The van der Waals surface area contributed by atoms with E-state index in [1.165, 1.54) is 0 Å². The van der Waals surface area contributed by atoms with Gasteiger partial charge in [-0.15, -0.1) is 0 Å². The predicted molar refractivity (Wildman–Crippen MR) is 98.8 cm³/mol. The summed E-state index contributed by atoms with van der Waals surface area (Å²) in [5, 5.41) is 0. The van der Waals surface area contributed by atoms with Crippen molar-refractivity contribution in [2.75, 3.05) is 13.1 Å². The molecule has 0 radical (unpaired) electrons. The van der Waals surface area contributed by atoms with Crippen LogP contribution in [0, 0.1) is 0 Å². The van der Waals surface area contributed by atoms with Gasteiger partial charge in [0, 0.05) is 37.8 Å². The lowest BCUT2D eigenvalue weighted by molar-refractivity contribution is -0.132. The van der Waals surface area contributed by atoms with Gasteiger partial charge in [-0.3, -0.25) is 4.79 Å². The number of aromatic nitrogens is 2. The topological polar surface area (TPSA) is 62.1 Å². The molecule has 1 aliphatic heterocycles. The number of rotatable bonds is 5. The van der Waals surface area contributed by atoms with Crippen molar-refractivity contribution >= 4 is 5.91 Å². The van der Waals surface area contributed by atoms with Crippen molar-refractivity contribution in [3.05, 3.63) is 78.3 Å². The van der Waals surface area contributed by atoms with Crippen molar-refractivity contribution in [3.8, 4) is 0 Å². The average Bonchev–Trinajstić information content (AvgIpc) is 3.41. The first-order chi connectivity index (χ1) is 12.8. The number of nitrogens with one attached hydrogen (secondary N) is 1. The SMILES string of the molecule is O=C(C[C@H](c1ccccc1)c1ccco1)N1CCC(c2ncc[nH]2)CC1. The van der Waals surface area contributed by atoms with Gasteiger partial charge < -0.3 is 14.3 Å². The molecule has 26 heavy (non-hydrogen) atoms. The van der Waals surface area contributed by atoms with Gasteiger partial charge in [0.2, 0.25) is 5.91 Å². The minimum Gasteiger partial charge on any atom is -0.469 e. The number of furan rings is 1. The summed E-state index contributed by atoms with van der Waals surface area (Å²) in [6, 6.07) is 13.9. The quantitative estimate of drug-likeness (QED) is 0.759. The molecule has 5 heteroatoms. The lowest BCUT2D eigenvalue weighted by Gasteiger charge is -2.32. The Morgan fingerprint density at radius 2 is 2.00 bits per heavy atom. The highest BCUT2D eigenvalue weighted by Crippen LogP contribution is 2.31. The van der Waals surface area contributed by atoms with E-state index in [1.54, 1.807) is 12.5 Å². The second-order valence-corrected chi connectivity index (χ2v) is 6.81. The summed E-state index contributed by atoms with van der Waals surface area (Å²) in [5.74, 6) is 2.45. The number of benzene rings is 1. The fraction of sp³-hybridized carbons (Fsp3) is 0.333. The molecule has 1 atom stereocenters. The average molecular weight is 349 g/mol. The number of aromatic amines is 1. The van der Waals surface area contributed by atoms with Gasteiger partial charge in [0.25, 0.3) is 0 Å². The number of imidazole rings is 1. The number of carbonyl (C=O) groups is 1. The molecule has 1 aliphatic rings. The summed E-state index contributed by atoms with van der Waals surface area (Å²) < 4.78 is 5.62. The van der Waals surface area contributed by atoms with E-state index in [1.807, 2.05) is 41.4 Å². The zero-order chi connectivity index (χ0) is 17.8. The van der Waals surface area contributed by atoms with Crippen molar-refractivity contribution in [2.45, 2.75) is 31.1 Å². The van der Waals surface area contributed by atoms with Gasteiger partial charge in [0.15, 0.2) is 0 Å². The van der Waals surface area contributed by atoms with Crippen LogP contribution >= 0.6 is 0 Å². The number of H-pyrrole nitrogens is 1. The summed E-state index contributed by atoms with van der Waals surface area (Å²) in [6.45, 7) is 1.56. The minimum absolute atomic E-state index is 0.0403. The van der Waals surface area contributed by atoms with E-state index in [0.717, 1.165) is 43.1 Å². The number of hydrogen-bond donors (Lipinski definition) is 1. The van der Waals surface area contributed by atoms with E-state index < -0.39 is 0 Å². The highest BCUT2D eigenvalue weighted by Gasteiger charge is 2.28. The molecule has 5 nitrogen and oxygen atoms in total. The molecule has 1 aromatic carbocycles. The first-order valence-electron chi connectivity index (χ1n) is 9.16. The van der Waals surface area contributed by atoms with Crippen LogP contribution in [-0.4, -0.2) is 33.9 Å². The zero-order valence-electron chi connectivity index (χ0n) is 14.7. The fourth-order valence-electron chi connectivity index (χ4n) is 3.76. The molecule has 0 bridgehead atoms. The summed E-state index contributed by atoms with van der Waals surface area (Å²) in [5.41, 5.74) is 1.11. The van der Waals surface area contributed by atoms with Gasteiger partial charge >= 0.3 is 0 Å². The van der Waals surface area contributed by atoms with Crippen LogP contribution in [0.4, 0.5) is 0 Å². The second kappa shape index (κ2) is 7.60.